The minimum absolute atomic E-state index is 0.0137. The zero-order valence-electron chi connectivity index (χ0n) is 12.3. The highest BCUT2D eigenvalue weighted by atomic mass is 32.2. The number of hydrogen-bond acceptors (Lipinski definition) is 6. The molecular weight excluding hydrogens is 296 g/mol. The summed E-state index contributed by atoms with van der Waals surface area (Å²) in [4.78, 5) is 11.6. The molecule has 0 amide bonds. The third-order valence-electron chi connectivity index (χ3n) is 2.73. The van der Waals surface area contributed by atoms with Crippen LogP contribution in [0.15, 0.2) is 23.1 Å². The number of hydrogen-bond donors (Lipinski definition) is 2. The number of benzene rings is 1. The fraction of sp³-hybridized carbons (Fsp3) is 0.462. The van der Waals surface area contributed by atoms with Gasteiger partial charge in [-0.1, -0.05) is 6.92 Å². The Bertz CT molecular complexity index is 586. The van der Waals surface area contributed by atoms with Crippen molar-refractivity contribution in [3.05, 3.63) is 23.8 Å². The molecule has 1 rings (SSSR count). The maximum Gasteiger partial charge on any atom is 0.341 e. The van der Waals surface area contributed by atoms with Crippen LogP contribution in [0.3, 0.4) is 0 Å². The molecule has 0 aliphatic heterocycles. The lowest BCUT2D eigenvalue weighted by Gasteiger charge is -2.11. The molecule has 0 radical (unpaired) electrons. The van der Waals surface area contributed by atoms with Gasteiger partial charge in [-0.2, -0.15) is 0 Å². The van der Waals surface area contributed by atoms with Crippen LogP contribution in [-0.2, 0) is 14.8 Å². The largest absolute Gasteiger partial charge is 0.496 e. The quantitative estimate of drug-likeness (QED) is 0.531. The van der Waals surface area contributed by atoms with E-state index in [1.54, 1.807) is 0 Å². The average Bonchev–Trinajstić information content (AvgIpc) is 2.50. The molecule has 0 saturated carbocycles. The maximum absolute atomic E-state index is 12.1. The molecule has 21 heavy (non-hydrogen) atoms. The third-order valence-corrected chi connectivity index (χ3v) is 4.19. The summed E-state index contributed by atoms with van der Waals surface area (Å²) >= 11 is 0. The SMILES string of the molecule is CCNCCNS(=O)(=O)c1ccc(OC)c(C(=O)OC)c1. The van der Waals surface area contributed by atoms with Gasteiger partial charge in [-0.05, 0) is 24.7 Å². The fourth-order valence-corrected chi connectivity index (χ4v) is 2.72. The van der Waals surface area contributed by atoms with Crippen molar-refractivity contribution < 1.29 is 22.7 Å². The van der Waals surface area contributed by atoms with Crippen molar-refractivity contribution in [2.45, 2.75) is 11.8 Å². The van der Waals surface area contributed by atoms with Gasteiger partial charge in [-0.3, -0.25) is 0 Å². The Kier molecular flexibility index (Phi) is 6.60. The van der Waals surface area contributed by atoms with Gasteiger partial charge in [0.1, 0.15) is 11.3 Å². The molecule has 0 aliphatic rings. The first kappa shape index (κ1) is 17.4. The molecule has 0 spiro atoms. The Balaban J connectivity index is 2.99. The van der Waals surface area contributed by atoms with Gasteiger partial charge >= 0.3 is 5.97 Å². The third kappa shape index (κ3) is 4.69. The van der Waals surface area contributed by atoms with E-state index in [0.29, 0.717) is 6.54 Å². The highest BCUT2D eigenvalue weighted by Gasteiger charge is 2.19. The topological polar surface area (TPSA) is 93.7 Å². The van der Waals surface area contributed by atoms with Crippen LogP contribution in [0.25, 0.3) is 0 Å². The van der Waals surface area contributed by atoms with Gasteiger partial charge in [0.05, 0.1) is 19.1 Å². The van der Waals surface area contributed by atoms with E-state index in [2.05, 4.69) is 14.8 Å². The van der Waals surface area contributed by atoms with Crippen LogP contribution in [0.1, 0.15) is 17.3 Å². The number of methoxy groups -OCH3 is 2. The smallest absolute Gasteiger partial charge is 0.341 e. The molecule has 7 nitrogen and oxygen atoms in total. The Morgan fingerprint density at radius 1 is 1.24 bits per heavy atom. The maximum atomic E-state index is 12.1. The summed E-state index contributed by atoms with van der Waals surface area (Å²) in [6.07, 6.45) is 0. The second kappa shape index (κ2) is 7.96. The molecule has 1 aromatic carbocycles. The van der Waals surface area contributed by atoms with Crippen molar-refractivity contribution in [2.24, 2.45) is 0 Å². The summed E-state index contributed by atoms with van der Waals surface area (Å²) in [5.74, 6) is -0.398. The van der Waals surface area contributed by atoms with E-state index in [-0.39, 0.29) is 22.8 Å². The van der Waals surface area contributed by atoms with E-state index in [1.165, 1.54) is 32.4 Å². The fourth-order valence-electron chi connectivity index (χ4n) is 1.66. The van der Waals surface area contributed by atoms with Crippen LogP contribution >= 0.6 is 0 Å². The molecule has 0 unspecified atom stereocenters. The zero-order valence-corrected chi connectivity index (χ0v) is 13.1. The van der Waals surface area contributed by atoms with Gasteiger partial charge in [0.25, 0.3) is 0 Å². The Labute approximate surface area is 124 Å². The average molecular weight is 316 g/mol. The van der Waals surface area contributed by atoms with Gasteiger partial charge in [0, 0.05) is 13.1 Å². The first-order chi connectivity index (χ1) is 9.96. The van der Waals surface area contributed by atoms with Crippen LogP contribution in [-0.4, -0.2) is 48.2 Å². The van der Waals surface area contributed by atoms with Crippen molar-refractivity contribution in [2.75, 3.05) is 33.9 Å². The van der Waals surface area contributed by atoms with Gasteiger partial charge in [-0.25, -0.2) is 17.9 Å². The molecule has 8 heteroatoms. The van der Waals surface area contributed by atoms with E-state index < -0.39 is 16.0 Å². The first-order valence-corrected chi connectivity index (χ1v) is 7.91. The number of likely N-dealkylation sites (N-methyl/N-ethyl adjacent to an activating group) is 1. The minimum atomic E-state index is -3.68. The lowest BCUT2D eigenvalue weighted by molar-refractivity contribution is 0.0597. The lowest BCUT2D eigenvalue weighted by atomic mass is 10.2. The van der Waals surface area contributed by atoms with E-state index in [9.17, 15) is 13.2 Å². The molecule has 2 N–H and O–H groups in total. The van der Waals surface area contributed by atoms with Crippen LogP contribution in [0, 0.1) is 0 Å². The second-order valence-corrected chi connectivity index (χ2v) is 5.87. The Hall–Kier alpha value is -1.64. The molecule has 1 aromatic rings. The Morgan fingerprint density at radius 3 is 2.52 bits per heavy atom. The normalized spacial score (nSPS) is 11.2. The molecule has 0 fully saturated rings. The van der Waals surface area contributed by atoms with E-state index >= 15 is 0 Å². The Morgan fingerprint density at radius 2 is 1.95 bits per heavy atom. The van der Waals surface area contributed by atoms with Gasteiger partial charge in [0.2, 0.25) is 10.0 Å². The van der Waals surface area contributed by atoms with Gasteiger partial charge < -0.3 is 14.8 Å². The number of sulfonamides is 1. The van der Waals surface area contributed by atoms with Crippen LogP contribution in [0.5, 0.6) is 5.75 Å². The number of carbonyl (C=O) groups excluding carboxylic acids is 1. The number of ether oxygens (including phenoxy) is 2. The van der Waals surface area contributed by atoms with Crippen LogP contribution in [0.2, 0.25) is 0 Å². The van der Waals surface area contributed by atoms with Crippen molar-refractivity contribution in [3.63, 3.8) is 0 Å². The minimum Gasteiger partial charge on any atom is -0.496 e. The molecule has 0 heterocycles. The van der Waals surface area contributed by atoms with Crippen LogP contribution < -0.4 is 14.8 Å². The van der Waals surface area contributed by atoms with Crippen LogP contribution in [0.4, 0.5) is 0 Å². The summed E-state index contributed by atoms with van der Waals surface area (Å²) in [5.41, 5.74) is 0.0644. The molecule has 0 aliphatic carbocycles. The highest BCUT2D eigenvalue weighted by Crippen LogP contribution is 2.23. The predicted molar refractivity (Wildman–Crippen MR) is 78.1 cm³/mol. The summed E-state index contributed by atoms with van der Waals surface area (Å²) < 4.78 is 36.3. The number of carbonyl (C=O) groups is 1. The number of rotatable bonds is 8. The predicted octanol–water partition coefficient (Wildman–Crippen LogP) is 0.370. The van der Waals surface area contributed by atoms with Crippen molar-refractivity contribution in [1.29, 1.82) is 0 Å². The van der Waals surface area contributed by atoms with E-state index in [0.717, 1.165) is 6.54 Å². The summed E-state index contributed by atoms with van der Waals surface area (Å²) in [6.45, 7) is 3.48. The van der Waals surface area contributed by atoms with Crippen molar-refractivity contribution >= 4 is 16.0 Å². The van der Waals surface area contributed by atoms with Gasteiger partial charge in [0.15, 0.2) is 0 Å². The molecule has 118 valence electrons. The number of nitrogens with one attached hydrogen (secondary N) is 2. The van der Waals surface area contributed by atoms with Gasteiger partial charge in [-0.15, -0.1) is 0 Å². The highest BCUT2D eigenvalue weighted by molar-refractivity contribution is 7.89. The van der Waals surface area contributed by atoms with Crippen molar-refractivity contribution in [1.82, 2.24) is 10.0 Å². The zero-order chi connectivity index (χ0) is 15.9. The number of esters is 1. The van der Waals surface area contributed by atoms with E-state index in [4.69, 9.17) is 4.74 Å². The molecular formula is C13H20N2O5S. The van der Waals surface area contributed by atoms with E-state index in [1.807, 2.05) is 6.92 Å². The summed E-state index contributed by atoms with van der Waals surface area (Å²) in [5, 5.41) is 3.01. The monoisotopic (exact) mass is 316 g/mol. The standard InChI is InChI=1S/C13H20N2O5S/c1-4-14-7-8-15-21(17,18)10-5-6-12(19-2)11(9-10)13(16)20-3/h5-6,9,14-15H,4,7-8H2,1-3H3. The molecule has 0 saturated heterocycles. The lowest BCUT2D eigenvalue weighted by Crippen LogP contribution is -2.31. The second-order valence-electron chi connectivity index (χ2n) is 4.10. The molecule has 0 bridgehead atoms. The molecule has 0 aromatic heterocycles. The van der Waals surface area contributed by atoms with Crippen molar-refractivity contribution in [3.8, 4) is 5.75 Å². The molecule has 0 atom stereocenters. The first-order valence-electron chi connectivity index (χ1n) is 6.43. The summed E-state index contributed by atoms with van der Waals surface area (Å²) in [6, 6.07) is 4.03. The summed E-state index contributed by atoms with van der Waals surface area (Å²) in [7, 11) is -1.07.